The molecule has 1 heterocycles. The molecule has 1 aromatic heterocycles. The molecule has 0 unspecified atom stereocenters. The van der Waals surface area contributed by atoms with Crippen molar-refractivity contribution in [3.8, 4) is 5.75 Å². The van der Waals surface area contributed by atoms with Crippen LogP contribution in [0.4, 0.5) is 11.4 Å². The van der Waals surface area contributed by atoms with E-state index in [4.69, 9.17) is 11.6 Å². The van der Waals surface area contributed by atoms with Crippen molar-refractivity contribution in [2.75, 3.05) is 5.32 Å². The standard InChI is InChI=1S/C13H10ClN3O4/c1-7-2-3-8(6-10(7)18)16-13(19)9-4-5-15-12(14)11(9)17(20)21/h2-6,18H,1H3,(H,16,19). The van der Waals surface area contributed by atoms with Crippen LogP contribution in [0, 0.1) is 17.0 Å². The van der Waals surface area contributed by atoms with E-state index in [0.29, 0.717) is 11.3 Å². The summed E-state index contributed by atoms with van der Waals surface area (Å²) < 4.78 is 0. The van der Waals surface area contributed by atoms with Gasteiger partial charge in [0.25, 0.3) is 5.91 Å². The molecule has 0 radical (unpaired) electrons. The lowest BCUT2D eigenvalue weighted by Crippen LogP contribution is -2.14. The maximum atomic E-state index is 12.1. The van der Waals surface area contributed by atoms with Crippen LogP contribution in [-0.4, -0.2) is 20.9 Å². The van der Waals surface area contributed by atoms with Gasteiger partial charge in [-0.05, 0) is 24.6 Å². The van der Waals surface area contributed by atoms with E-state index in [1.54, 1.807) is 19.1 Å². The van der Waals surface area contributed by atoms with Gasteiger partial charge in [-0.2, -0.15) is 0 Å². The second-order valence-corrected chi connectivity index (χ2v) is 4.57. The first-order chi connectivity index (χ1) is 9.90. The lowest BCUT2D eigenvalue weighted by Gasteiger charge is -2.07. The first-order valence-electron chi connectivity index (χ1n) is 5.80. The Morgan fingerprint density at radius 3 is 2.76 bits per heavy atom. The number of aromatic nitrogens is 1. The van der Waals surface area contributed by atoms with E-state index in [1.807, 2.05) is 0 Å². The Morgan fingerprint density at radius 2 is 2.14 bits per heavy atom. The summed E-state index contributed by atoms with van der Waals surface area (Å²) in [6, 6.07) is 5.73. The fourth-order valence-electron chi connectivity index (χ4n) is 1.67. The number of nitro groups is 1. The molecule has 0 saturated heterocycles. The fourth-order valence-corrected chi connectivity index (χ4v) is 1.90. The molecule has 8 heteroatoms. The number of nitrogens with zero attached hydrogens (tertiary/aromatic N) is 2. The van der Waals surface area contributed by atoms with Gasteiger partial charge in [0.1, 0.15) is 11.3 Å². The van der Waals surface area contributed by atoms with Crippen LogP contribution in [0.5, 0.6) is 5.75 Å². The molecule has 0 spiro atoms. The number of nitrogens with one attached hydrogen (secondary N) is 1. The molecule has 0 aliphatic rings. The first-order valence-corrected chi connectivity index (χ1v) is 6.18. The van der Waals surface area contributed by atoms with Crippen LogP contribution in [0.3, 0.4) is 0 Å². The minimum Gasteiger partial charge on any atom is -0.508 e. The van der Waals surface area contributed by atoms with Crippen LogP contribution >= 0.6 is 11.6 Å². The molecule has 21 heavy (non-hydrogen) atoms. The second-order valence-electron chi connectivity index (χ2n) is 4.21. The average molecular weight is 308 g/mol. The fraction of sp³-hybridized carbons (Fsp3) is 0.0769. The monoisotopic (exact) mass is 307 g/mol. The van der Waals surface area contributed by atoms with E-state index in [1.165, 1.54) is 18.3 Å². The van der Waals surface area contributed by atoms with Crippen molar-refractivity contribution < 1.29 is 14.8 Å². The molecule has 0 saturated carbocycles. The smallest absolute Gasteiger partial charge is 0.319 e. The Kier molecular flexibility index (Phi) is 4.04. The van der Waals surface area contributed by atoms with Crippen LogP contribution in [-0.2, 0) is 0 Å². The van der Waals surface area contributed by atoms with Gasteiger partial charge in [-0.3, -0.25) is 14.9 Å². The summed E-state index contributed by atoms with van der Waals surface area (Å²) in [6.45, 7) is 1.70. The van der Waals surface area contributed by atoms with Gasteiger partial charge in [-0.15, -0.1) is 0 Å². The maximum absolute atomic E-state index is 12.1. The van der Waals surface area contributed by atoms with Crippen LogP contribution in [0.25, 0.3) is 0 Å². The summed E-state index contributed by atoms with van der Waals surface area (Å²) in [7, 11) is 0. The van der Waals surface area contributed by atoms with Crippen LogP contribution < -0.4 is 5.32 Å². The molecule has 0 fully saturated rings. The van der Waals surface area contributed by atoms with Crippen LogP contribution in [0.1, 0.15) is 15.9 Å². The van der Waals surface area contributed by atoms with Crippen LogP contribution in [0.2, 0.25) is 5.15 Å². The van der Waals surface area contributed by atoms with Gasteiger partial charge >= 0.3 is 5.69 Å². The van der Waals surface area contributed by atoms with Gasteiger partial charge in [0.2, 0.25) is 5.15 Å². The Morgan fingerprint density at radius 1 is 1.43 bits per heavy atom. The number of carbonyl (C=O) groups excluding carboxylic acids is 1. The highest BCUT2D eigenvalue weighted by atomic mass is 35.5. The molecule has 2 N–H and O–H groups in total. The maximum Gasteiger partial charge on any atom is 0.319 e. The van der Waals surface area contributed by atoms with Gasteiger partial charge in [-0.1, -0.05) is 17.7 Å². The highest BCUT2D eigenvalue weighted by Crippen LogP contribution is 2.27. The van der Waals surface area contributed by atoms with E-state index in [2.05, 4.69) is 10.3 Å². The third kappa shape index (κ3) is 3.09. The number of hydrogen-bond donors (Lipinski definition) is 2. The number of benzene rings is 1. The predicted octanol–water partition coefficient (Wildman–Crippen LogP) is 2.91. The Labute approximate surface area is 124 Å². The van der Waals surface area contributed by atoms with E-state index in [0.717, 1.165) is 0 Å². The molecular weight excluding hydrogens is 298 g/mol. The molecule has 0 aliphatic carbocycles. The minimum atomic E-state index is -0.767. The van der Waals surface area contributed by atoms with E-state index < -0.39 is 16.5 Å². The molecule has 1 aromatic carbocycles. The summed E-state index contributed by atoms with van der Waals surface area (Å²) in [5.41, 5.74) is 0.185. The normalized spacial score (nSPS) is 10.2. The molecule has 0 bridgehead atoms. The van der Waals surface area contributed by atoms with Gasteiger partial charge in [0.05, 0.1) is 4.92 Å². The summed E-state index contributed by atoms with van der Waals surface area (Å²) in [5.74, 6) is -0.704. The zero-order valence-corrected chi connectivity index (χ0v) is 11.6. The number of phenolic OH excluding ortho intramolecular Hbond substituents is 1. The molecular formula is C13H10ClN3O4. The number of carbonyl (C=O) groups is 1. The third-order valence-corrected chi connectivity index (χ3v) is 3.05. The lowest BCUT2D eigenvalue weighted by molar-refractivity contribution is -0.385. The van der Waals surface area contributed by atoms with Crippen LogP contribution in [0.15, 0.2) is 30.5 Å². The van der Waals surface area contributed by atoms with Gasteiger partial charge < -0.3 is 10.4 Å². The second kappa shape index (κ2) is 5.76. The quantitative estimate of drug-likeness (QED) is 0.515. The van der Waals surface area contributed by atoms with Crippen molar-refractivity contribution in [2.45, 2.75) is 6.92 Å². The van der Waals surface area contributed by atoms with Crippen molar-refractivity contribution in [3.63, 3.8) is 0 Å². The van der Waals surface area contributed by atoms with E-state index in [9.17, 15) is 20.0 Å². The number of hydrogen-bond acceptors (Lipinski definition) is 5. The summed E-state index contributed by atoms with van der Waals surface area (Å²) in [5, 5.41) is 22.6. The summed E-state index contributed by atoms with van der Waals surface area (Å²) in [4.78, 5) is 25.9. The molecule has 2 rings (SSSR count). The largest absolute Gasteiger partial charge is 0.508 e. The lowest BCUT2D eigenvalue weighted by atomic mass is 10.2. The highest BCUT2D eigenvalue weighted by molar-refractivity contribution is 6.32. The number of aromatic hydroxyl groups is 1. The third-order valence-electron chi connectivity index (χ3n) is 2.77. The highest BCUT2D eigenvalue weighted by Gasteiger charge is 2.24. The SMILES string of the molecule is Cc1ccc(NC(=O)c2ccnc(Cl)c2[N+](=O)[O-])cc1O. The molecule has 7 nitrogen and oxygen atoms in total. The molecule has 108 valence electrons. The number of phenols is 1. The van der Waals surface area contributed by atoms with Gasteiger partial charge in [0.15, 0.2) is 0 Å². The number of amides is 1. The minimum absolute atomic E-state index is 0.00932. The predicted molar refractivity (Wildman–Crippen MR) is 76.7 cm³/mol. The van der Waals surface area contributed by atoms with Crippen molar-refractivity contribution in [1.29, 1.82) is 0 Å². The summed E-state index contributed by atoms with van der Waals surface area (Å²) >= 11 is 5.64. The van der Waals surface area contributed by atoms with Crippen molar-refractivity contribution in [3.05, 3.63) is 56.9 Å². The topological polar surface area (TPSA) is 105 Å². The molecule has 1 amide bonds. The van der Waals surface area contributed by atoms with Crippen molar-refractivity contribution in [2.24, 2.45) is 0 Å². The zero-order chi connectivity index (χ0) is 15.6. The molecule has 2 aromatic rings. The van der Waals surface area contributed by atoms with E-state index >= 15 is 0 Å². The number of pyridine rings is 1. The Hall–Kier alpha value is -2.67. The van der Waals surface area contributed by atoms with Gasteiger partial charge in [-0.25, -0.2) is 4.98 Å². The molecule has 0 atom stereocenters. The Bertz CT molecular complexity index is 733. The molecule has 0 aliphatic heterocycles. The van der Waals surface area contributed by atoms with Crippen molar-refractivity contribution in [1.82, 2.24) is 4.98 Å². The van der Waals surface area contributed by atoms with Crippen molar-refractivity contribution >= 4 is 28.9 Å². The van der Waals surface area contributed by atoms with E-state index in [-0.39, 0.29) is 16.5 Å². The first kappa shape index (κ1) is 14.7. The number of rotatable bonds is 3. The number of aryl methyl sites for hydroxylation is 1. The Balaban J connectivity index is 2.35. The summed E-state index contributed by atoms with van der Waals surface area (Å²) in [6.07, 6.45) is 1.21. The number of anilines is 1. The number of halogens is 1. The van der Waals surface area contributed by atoms with Gasteiger partial charge in [0, 0.05) is 18.0 Å². The zero-order valence-electron chi connectivity index (χ0n) is 10.8. The average Bonchev–Trinajstić information content (AvgIpc) is 2.42.